The lowest BCUT2D eigenvalue weighted by atomic mass is 10.2. The predicted molar refractivity (Wildman–Crippen MR) is 82.8 cm³/mol. The number of alkyl halides is 3. The molecule has 0 aliphatic rings. The Bertz CT molecular complexity index is 771. The Morgan fingerprint density at radius 3 is 2.62 bits per heavy atom. The van der Waals surface area contributed by atoms with Gasteiger partial charge in [0, 0.05) is 11.9 Å². The van der Waals surface area contributed by atoms with Gasteiger partial charge in [-0.1, -0.05) is 23.4 Å². The maximum atomic E-state index is 12.7. The molecule has 0 atom stereocenters. The molecule has 0 aromatic carbocycles. The summed E-state index contributed by atoms with van der Waals surface area (Å²) in [4.78, 5) is 23.2. The molecule has 2 aromatic rings. The second-order valence-electron chi connectivity index (χ2n) is 4.59. The summed E-state index contributed by atoms with van der Waals surface area (Å²) in [5.41, 5.74) is -0.359. The Hall–Kier alpha value is -1.87. The minimum atomic E-state index is -4.54. The molecule has 0 spiro atoms. The first kappa shape index (κ1) is 18.5. The number of hydrogen-bond donors (Lipinski definition) is 0. The van der Waals surface area contributed by atoms with Crippen LogP contribution in [-0.4, -0.2) is 33.8 Å². The van der Waals surface area contributed by atoms with Gasteiger partial charge in [-0.2, -0.15) is 13.2 Å². The fraction of sp³-hybridized carbons (Fsp3) is 0.286. The molecule has 24 heavy (non-hydrogen) atoms. The van der Waals surface area contributed by atoms with Crippen molar-refractivity contribution in [3.63, 3.8) is 0 Å². The number of methoxy groups -OCH3 is 1. The first-order valence-corrected chi connectivity index (χ1v) is 7.85. The van der Waals surface area contributed by atoms with Gasteiger partial charge in [-0.05, 0) is 19.1 Å². The molecular formula is C14H11ClF3N3O2S. The van der Waals surface area contributed by atoms with Crippen LogP contribution in [0.2, 0.25) is 5.02 Å². The summed E-state index contributed by atoms with van der Waals surface area (Å²) in [6.45, 7) is 1.69. The molecule has 0 amide bonds. The number of carbonyl (C=O) groups excluding carboxylic acids is 1. The average Bonchev–Trinajstić information content (AvgIpc) is 2.51. The second kappa shape index (κ2) is 7.35. The fourth-order valence-electron chi connectivity index (χ4n) is 1.67. The van der Waals surface area contributed by atoms with Gasteiger partial charge in [0.25, 0.3) is 0 Å². The van der Waals surface area contributed by atoms with Crippen LogP contribution in [0, 0.1) is 6.92 Å². The van der Waals surface area contributed by atoms with E-state index in [4.69, 9.17) is 11.6 Å². The van der Waals surface area contributed by atoms with Gasteiger partial charge in [0.15, 0.2) is 5.82 Å². The molecule has 2 heterocycles. The van der Waals surface area contributed by atoms with E-state index in [-0.39, 0.29) is 22.3 Å². The second-order valence-corrected chi connectivity index (χ2v) is 5.99. The van der Waals surface area contributed by atoms with Crippen LogP contribution in [-0.2, 0) is 15.7 Å². The standard InChI is InChI=1S/C14H11ClF3N3O2S/c1-7-3-10(24-6-11(22)23-2)21-13(20-7)12-9(15)4-8(5-19-12)14(16,17)18/h3-5H,6H2,1-2H3. The zero-order valence-corrected chi connectivity index (χ0v) is 14.1. The van der Waals surface area contributed by atoms with Crippen molar-refractivity contribution in [2.24, 2.45) is 0 Å². The molecule has 0 saturated heterocycles. The number of aryl methyl sites for hydroxylation is 1. The molecule has 10 heteroatoms. The largest absolute Gasteiger partial charge is 0.468 e. The van der Waals surface area contributed by atoms with Crippen molar-refractivity contribution in [3.8, 4) is 11.5 Å². The van der Waals surface area contributed by atoms with Crippen LogP contribution in [0.15, 0.2) is 23.4 Å². The number of esters is 1. The Morgan fingerprint density at radius 2 is 2.04 bits per heavy atom. The normalized spacial score (nSPS) is 11.4. The molecule has 5 nitrogen and oxygen atoms in total. The Balaban J connectivity index is 2.35. The van der Waals surface area contributed by atoms with Gasteiger partial charge < -0.3 is 4.74 Å². The topological polar surface area (TPSA) is 65.0 Å². The number of pyridine rings is 1. The van der Waals surface area contributed by atoms with Crippen LogP contribution in [0.5, 0.6) is 0 Å². The van der Waals surface area contributed by atoms with Crippen LogP contribution in [0.3, 0.4) is 0 Å². The van der Waals surface area contributed by atoms with E-state index in [0.29, 0.717) is 16.9 Å². The maximum Gasteiger partial charge on any atom is 0.417 e. The van der Waals surface area contributed by atoms with Crippen LogP contribution in [0.1, 0.15) is 11.3 Å². The molecule has 128 valence electrons. The zero-order chi connectivity index (χ0) is 17.9. The lowest BCUT2D eigenvalue weighted by Gasteiger charge is -2.09. The van der Waals surface area contributed by atoms with Crippen LogP contribution in [0.25, 0.3) is 11.5 Å². The van der Waals surface area contributed by atoms with Crippen molar-refractivity contribution in [3.05, 3.63) is 34.6 Å². The third-order valence-electron chi connectivity index (χ3n) is 2.78. The maximum absolute atomic E-state index is 12.7. The molecule has 0 aliphatic carbocycles. The molecule has 2 aromatic heterocycles. The SMILES string of the molecule is COC(=O)CSc1cc(C)nc(-c2ncc(C(F)(F)F)cc2Cl)n1. The van der Waals surface area contributed by atoms with Crippen molar-refractivity contribution < 1.29 is 22.7 Å². The Kier molecular flexibility index (Phi) is 5.66. The minimum absolute atomic E-state index is 0.0354. The van der Waals surface area contributed by atoms with E-state index >= 15 is 0 Å². The van der Waals surface area contributed by atoms with Crippen LogP contribution in [0.4, 0.5) is 13.2 Å². The smallest absolute Gasteiger partial charge is 0.417 e. The van der Waals surface area contributed by atoms with Crippen molar-refractivity contribution in [1.29, 1.82) is 0 Å². The number of aromatic nitrogens is 3. The predicted octanol–water partition coefficient (Wildman–Crippen LogP) is 3.78. The van der Waals surface area contributed by atoms with Gasteiger partial charge >= 0.3 is 12.1 Å². The van der Waals surface area contributed by atoms with Crippen molar-refractivity contribution in [1.82, 2.24) is 15.0 Å². The van der Waals surface area contributed by atoms with E-state index in [1.807, 2.05) is 0 Å². The fourth-order valence-corrected chi connectivity index (χ4v) is 2.71. The van der Waals surface area contributed by atoms with E-state index in [9.17, 15) is 18.0 Å². The minimum Gasteiger partial charge on any atom is -0.468 e. The van der Waals surface area contributed by atoms with Gasteiger partial charge in [0.1, 0.15) is 10.7 Å². The summed E-state index contributed by atoms with van der Waals surface area (Å²) in [5, 5.41) is 0.250. The van der Waals surface area contributed by atoms with Crippen LogP contribution >= 0.6 is 23.4 Å². The van der Waals surface area contributed by atoms with E-state index in [1.165, 1.54) is 7.11 Å². The highest BCUT2D eigenvalue weighted by Gasteiger charge is 2.32. The number of nitrogens with zero attached hydrogens (tertiary/aromatic N) is 3. The number of rotatable bonds is 4. The number of carbonyl (C=O) groups is 1. The zero-order valence-electron chi connectivity index (χ0n) is 12.5. The highest BCUT2D eigenvalue weighted by atomic mass is 35.5. The highest BCUT2D eigenvalue weighted by Crippen LogP contribution is 2.33. The molecule has 0 radical (unpaired) electrons. The first-order chi connectivity index (χ1) is 11.2. The lowest BCUT2D eigenvalue weighted by Crippen LogP contribution is -2.07. The molecular weight excluding hydrogens is 367 g/mol. The summed E-state index contributed by atoms with van der Waals surface area (Å²) in [5.74, 6) is -0.301. The van der Waals surface area contributed by atoms with Gasteiger partial charge in [-0.25, -0.2) is 9.97 Å². The van der Waals surface area contributed by atoms with Gasteiger partial charge in [-0.3, -0.25) is 9.78 Å². The van der Waals surface area contributed by atoms with E-state index in [2.05, 4.69) is 19.7 Å². The Morgan fingerprint density at radius 1 is 1.33 bits per heavy atom. The molecule has 0 unspecified atom stereocenters. The van der Waals surface area contributed by atoms with Gasteiger partial charge in [0.2, 0.25) is 0 Å². The van der Waals surface area contributed by atoms with E-state index < -0.39 is 17.7 Å². The average molecular weight is 378 g/mol. The highest BCUT2D eigenvalue weighted by molar-refractivity contribution is 7.99. The van der Waals surface area contributed by atoms with Crippen molar-refractivity contribution >= 4 is 29.3 Å². The third kappa shape index (κ3) is 4.57. The molecule has 2 rings (SSSR count). The molecule has 0 fully saturated rings. The van der Waals surface area contributed by atoms with Gasteiger partial charge in [0.05, 0.1) is 23.4 Å². The Labute approximate surface area is 144 Å². The summed E-state index contributed by atoms with van der Waals surface area (Å²) in [6.07, 6.45) is -3.86. The molecule has 0 saturated carbocycles. The number of thioether (sulfide) groups is 1. The quantitative estimate of drug-likeness (QED) is 0.459. The first-order valence-electron chi connectivity index (χ1n) is 6.49. The third-order valence-corrected chi connectivity index (χ3v) is 3.95. The van der Waals surface area contributed by atoms with Crippen LogP contribution < -0.4 is 0 Å². The van der Waals surface area contributed by atoms with E-state index in [0.717, 1.165) is 17.8 Å². The summed E-state index contributed by atoms with van der Waals surface area (Å²) >= 11 is 7.01. The van der Waals surface area contributed by atoms with Crippen molar-refractivity contribution in [2.45, 2.75) is 18.1 Å². The molecule has 0 N–H and O–H groups in total. The number of halogens is 4. The van der Waals surface area contributed by atoms with E-state index in [1.54, 1.807) is 13.0 Å². The summed E-state index contributed by atoms with van der Waals surface area (Å²) < 4.78 is 42.5. The molecule has 0 aliphatic heterocycles. The summed E-state index contributed by atoms with van der Waals surface area (Å²) in [7, 11) is 1.27. The molecule has 0 bridgehead atoms. The number of hydrogen-bond acceptors (Lipinski definition) is 6. The van der Waals surface area contributed by atoms with Crippen molar-refractivity contribution in [2.75, 3.05) is 12.9 Å². The van der Waals surface area contributed by atoms with Gasteiger partial charge in [-0.15, -0.1) is 0 Å². The summed E-state index contributed by atoms with van der Waals surface area (Å²) in [6, 6.07) is 2.41. The number of ether oxygens (including phenoxy) is 1. The monoisotopic (exact) mass is 377 g/mol. The lowest BCUT2D eigenvalue weighted by molar-refractivity contribution is -0.138.